The molecule has 0 amide bonds. The van der Waals surface area contributed by atoms with Crippen molar-refractivity contribution in [3.63, 3.8) is 0 Å². The first-order chi connectivity index (χ1) is 8.33. The summed E-state index contributed by atoms with van der Waals surface area (Å²) in [5, 5.41) is 13.4. The SMILES string of the molecule is OCC1(Cc2csc3ccccc23)CCCC1. The van der Waals surface area contributed by atoms with Gasteiger partial charge in [0.2, 0.25) is 0 Å². The summed E-state index contributed by atoms with van der Waals surface area (Å²) < 4.78 is 1.37. The Morgan fingerprint density at radius 3 is 2.71 bits per heavy atom. The monoisotopic (exact) mass is 246 g/mol. The van der Waals surface area contributed by atoms with E-state index in [0.29, 0.717) is 6.61 Å². The van der Waals surface area contributed by atoms with E-state index in [0.717, 1.165) is 6.42 Å². The highest BCUT2D eigenvalue weighted by atomic mass is 32.1. The van der Waals surface area contributed by atoms with Gasteiger partial charge in [-0.1, -0.05) is 31.0 Å². The molecule has 0 radical (unpaired) electrons. The Labute approximate surface area is 106 Å². The van der Waals surface area contributed by atoms with Crippen LogP contribution in [0.1, 0.15) is 31.2 Å². The number of aliphatic hydroxyl groups is 1. The molecule has 0 unspecified atom stereocenters. The lowest BCUT2D eigenvalue weighted by Crippen LogP contribution is -2.24. The molecule has 1 heterocycles. The molecule has 0 saturated heterocycles. The number of aliphatic hydroxyl groups excluding tert-OH is 1. The maximum absolute atomic E-state index is 9.69. The molecule has 90 valence electrons. The lowest BCUT2D eigenvalue weighted by atomic mass is 9.81. The summed E-state index contributed by atoms with van der Waals surface area (Å²) in [7, 11) is 0. The zero-order valence-electron chi connectivity index (χ0n) is 9.98. The Hall–Kier alpha value is -0.860. The summed E-state index contributed by atoms with van der Waals surface area (Å²) in [6, 6.07) is 8.60. The van der Waals surface area contributed by atoms with Gasteiger partial charge in [-0.25, -0.2) is 0 Å². The number of thiophene rings is 1. The molecule has 1 saturated carbocycles. The van der Waals surface area contributed by atoms with Gasteiger partial charge in [-0.05, 0) is 47.1 Å². The average Bonchev–Trinajstić information content (AvgIpc) is 2.99. The minimum absolute atomic E-state index is 0.170. The fourth-order valence-electron chi connectivity index (χ4n) is 3.09. The summed E-state index contributed by atoms with van der Waals surface area (Å²) in [5.41, 5.74) is 1.60. The van der Waals surface area contributed by atoms with Gasteiger partial charge in [-0.2, -0.15) is 0 Å². The Kier molecular flexibility index (Phi) is 2.93. The molecule has 3 rings (SSSR count). The van der Waals surface area contributed by atoms with Crippen LogP contribution in [0.5, 0.6) is 0 Å². The predicted octanol–water partition coefficient (Wildman–Crippen LogP) is 4.00. The van der Waals surface area contributed by atoms with Crippen molar-refractivity contribution in [2.24, 2.45) is 5.41 Å². The summed E-state index contributed by atoms with van der Waals surface area (Å²) >= 11 is 1.82. The van der Waals surface area contributed by atoms with Crippen molar-refractivity contribution in [1.29, 1.82) is 0 Å². The minimum Gasteiger partial charge on any atom is -0.396 e. The molecular formula is C15H18OS. The van der Waals surface area contributed by atoms with E-state index in [9.17, 15) is 5.11 Å². The zero-order valence-corrected chi connectivity index (χ0v) is 10.8. The topological polar surface area (TPSA) is 20.2 Å². The van der Waals surface area contributed by atoms with Crippen LogP contribution in [-0.2, 0) is 6.42 Å². The first-order valence-corrected chi connectivity index (χ1v) is 7.27. The Morgan fingerprint density at radius 2 is 1.94 bits per heavy atom. The van der Waals surface area contributed by atoms with E-state index in [4.69, 9.17) is 0 Å². The summed E-state index contributed by atoms with van der Waals surface area (Å²) in [4.78, 5) is 0. The molecule has 1 aromatic heterocycles. The van der Waals surface area contributed by atoms with Gasteiger partial charge in [-0.15, -0.1) is 11.3 Å². The molecule has 2 aromatic rings. The van der Waals surface area contributed by atoms with Crippen LogP contribution in [0.25, 0.3) is 10.1 Å². The molecule has 1 aromatic carbocycles. The molecule has 1 aliphatic carbocycles. The smallest absolute Gasteiger partial charge is 0.0490 e. The standard InChI is InChI=1S/C15H18OS/c16-11-15(7-3-4-8-15)9-12-10-17-14-6-2-1-5-13(12)14/h1-2,5-6,10,16H,3-4,7-9,11H2. The highest BCUT2D eigenvalue weighted by Crippen LogP contribution is 2.42. The fourth-order valence-corrected chi connectivity index (χ4v) is 4.05. The quantitative estimate of drug-likeness (QED) is 0.868. The first kappa shape index (κ1) is 11.2. The van der Waals surface area contributed by atoms with Gasteiger partial charge in [0.05, 0.1) is 0 Å². The Morgan fingerprint density at radius 1 is 1.18 bits per heavy atom. The van der Waals surface area contributed by atoms with Crippen LogP contribution in [0.3, 0.4) is 0 Å². The van der Waals surface area contributed by atoms with Crippen molar-refractivity contribution >= 4 is 21.4 Å². The van der Waals surface area contributed by atoms with Gasteiger partial charge in [0.25, 0.3) is 0 Å². The summed E-state index contributed by atoms with van der Waals surface area (Å²) in [5.74, 6) is 0. The van der Waals surface area contributed by atoms with Gasteiger partial charge in [0, 0.05) is 11.3 Å². The third kappa shape index (κ3) is 2.00. The number of hydrogen-bond donors (Lipinski definition) is 1. The maximum atomic E-state index is 9.69. The fraction of sp³-hybridized carbons (Fsp3) is 0.467. The van der Waals surface area contributed by atoms with Crippen molar-refractivity contribution < 1.29 is 5.11 Å². The van der Waals surface area contributed by atoms with Crippen LogP contribution in [0.4, 0.5) is 0 Å². The molecule has 0 aliphatic heterocycles. The summed E-state index contributed by atoms with van der Waals surface area (Å²) in [6.45, 7) is 0.344. The molecule has 0 atom stereocenters. The van der Waals surface area contributed by atoms with E-state index in [2.05, 4.69) is 29.6 Å². The third-order valence-corrected chi connectivity index (χ3v) is 5.14. The van der Waals surface area contributed by atoms with Crippen molar-refractivity contribution in [3.05, 3.63) is 35.2 Å². The maximum Gasteiger partial charge on any atom is 0.0490 e. The van der Waals surface area contributed by atoms with Crippen LogP contribution in [0, 0.1) is 5.41 Å². The van der Waals surface area contributed by atoms with E-state index in [1.165, 1.54) is 41.3 Å². The van der Waals surface area contributed by atoms with E-state index in [1.54, 1.807) is 0 Å². The van der Waals surface area contributed by atoms with E-state index in [-0.39, 0.29) is 5.41 Å². The largest absolute Gasteiger partial charge is 0.396 e. The third-order valence-electron chi connectivity index (χ3n) is 4.13. The van der Waals surface area contributed by atoms with Crippen LogP contribution < -0.4 is 0 Å². The molecule has 1 nitrogen and oxygen atoms in total. The van der Waals surface area contributed by atoms with E-state index in [1.807, 2.05) is 11.3 Å². The van der Waals surface area contributed by atoms with Crippen molar-refractivity contribution in [3.8, 4) is 0 Å². The van der Waals surface area contributed by atoms with Gasteiger partial charge in [-0.3, -0.25) is 0 Å². The zero-order chi connectivity index (χ0) is 11.7. The minimum atomic E-state index is 0.170. The van der Waals surface area contributed by atoms with Crippen LogP contribution >= 0.6 is 11.3 Å². The van der Waals surface area contributed by atoms with E-state index >= 15 is 0 Å². The highest BCUT2D eigenvalue weighted by Gasteiger charge is 2.33. The number of hydrogen-bond acceptors (Lipinski definition) is 2. The molecule has 0 spiro atoms. The van der Waals surface area contributed by atoms with Crippen LogP contribution in [0.2, 0.25) is 0 Å². The lowest BCUT2D eigenvalue weighted by Gasteiger charge is -2.26. The number of fused-ring (bicyclic) bond motifs is 1. The van der Waals surface area contributed by atoms with Gasteiger partial charge < -0.3 is 5.11 Å². The second-order valence-corrected chi connectivity index (χ2v) is 6.21. The number of rotatable bonds is 3. The van der Waals surface area contributed by atoms with Gasteiger partial charge in [0.15, 0.2) is 0 Å². The second kappa shape index (κ2) is 4.43. The molecule has 1 aliphatic rings. The van der Waals surface area contributed by atoms with E-state index < -0.39 is 0 Å². The second-order valence-electron chi connectivity index (χ2n) is 5.30. The van der Waals surface area contributed by atoms with Gasteiger partial charge >= 0.3 is 0 Å². The van der Waals surface area contributed by atoms with Crippen LogP contribution in [-0.4, -0.2) is 11.7 Å². The molecule has 0 bridgehead atoms. The highest BCUT2D eigenvalue weighted by molar-refractivity contribution is 7.17. The number of benzene rings is 1. The molecule has 17 heavy (non-hydrogen) atoms. The van der Waals surface area contributed by atoms with Crippen molar-refractivity contribution in [2.45, 2.75) is 32.1 Å². The molecular weight excluding hydrogens is 228 g/mol. The molecule has 1 fully saturated rings. The lowest BCUT2D eigenvalue weighted by molar-refractivity contribution is 0.131. The predicted molar refractivity (Wildman–Crippen MR) is 73.5 cm³/mol. The molecule has 2 heteroatoms. The first-order valence-electron chi connectivity index (χ1n) is 6.39. The van der Waals surface area contributed by atoms with Gasteiger partial charge in [0.1, 0.15) is 0 Å². The molecule has 1 N–H and O–H groups in total. The van der Waals surface area contributed by atoms with Crippen molar-refractivity contribution in [1.82, 2.24) is 0 Å². The summed E-state index contributed by atoms with van der Waals surface area (Å²) in [6.07, 6.45) is 5.99. The average molecular weight is 246 g/mol. The van der Waals surface area contributed by atoms with Crippen LogP contribution in [0.15, 0.2) is 29.6 Å². The normalized spacial score (nSPS) is 18.9. The Bertz CT molecular complexity index is 508. The van der Waals surface area contributed by atoms with Crippen molar-refractivity contribution in [2.75, 3.05) is 6.61 Å². The Balaban J connectivity index is 1.94.